The first-order valence-corrected chi connectivity index (χ1v) is 10.6. The standard InChI is InChI=1S/C17H13ClO5S2/c1-22-16-10-11-17(15-5-3-2-4-14(15)16)23-24(19)25(20,21)13-8-6-12(18)7-9-13/h2-11H,1H3. The van der Waals surface area contributed by atoms with Gasteiger partial charge < -0.3 is 8.92 Å². The summed E-state index contributed by atoms with van der Waals surface area (Å²) in [7, 11) is -5.26. The molecule has 0 heterocycles. The summed E-state index contributed by atoms with van der Waals surface area (Å²) in [6, 6.07) is 15.7. The van der Waals surface area contributed by atoms with Crippen LogP contribution in [0.1, 0.15) is 0 Å². The van der Waals surface area contributed by atoms with Crippen LogP contribution in [0, 0.1) is 0 Å². The molecule has 0 bridgehead atoms. The van der Waals surface area contributed by atoms with E-state index < -0.39 is 19.0 Å². The average molecular weight is 397 g/mol. The molecule has 0 aliphatic rings. The van der Waals surface area contributed by atoms with Crippen molar-refractivity contribution in [3.8, 4) is 11.5 Å². The molecule has 0 saturated carbocycles. The zero-order valence-corrected chi connectivity index (χ0v) is 15.4. The zero-order valence-electron chi connectivity index (χ0n) is 13.0. The number of methoxy groups -OCH3 is 1. The molecule has 25 heavy (non-hydrogen) atoms. The van der Waals surface area contributed by atoms with Gasteiger partial charge in [-0.15, -0.1) is 0 Å². The molecule has 0 spiro atoms. The van der Waals surface area contributed by atoms with Crippen LogP contribution in [-0.2, 0) is 19.0 Å². The Bertz CT molecular complexity index is 1050. The minimum Gasteiger partial charge on any atom is -0.496 e. The van der Waals surface area contributed by atoms with Crippen molar-refractivity contribution in [1.29, 1.82) is 0 Å². The molecule has 3 aromatic rings. The molecule has 3 rings (SSSR count). The second kappa shape index (κ2) is 7.03. The summed E-state index contributed by atoms with van der Waals surface area (Å²) in [6.45, 7) is 0. The summed E-state index contributed by atoms with van der Waals surface area (Å²) >= 11 is 5.75. The van der Waals surface area contributed by atoms with Crippen LogP contribution in [-0.4, -0.2) is 19.7 Å². The van der Waals surface area contributed by atoms with Crippen molar-refractivity contribution in [2.75, 3.05) is 7.11 Å². The Balaban J connectivity index is 1.98. The van der Waals surface area contributed by atoms with Crippen molar-refractivity contribution < 1.29 is 21.5 Å². The van der Waals surface area contributed by atoms with E-state index in [-0.39, 0.29) is 10.6 Å². The number of ether oxygens (including phenoxy) is 1. The second-order valence-electron chi connectivity index (χ2n) is 5.01. The lowest BCUT2D eigenvalue weighted by molar-refractivity contribution is 0.419. The van der Waals surface area contributed by atoms with Gasteiger partial charge in [0, 0.05) is 15.8 Å². The highest BCUT2D eigenvalue weighted by molar-refractivity contribution is 8.62. The van der Waals surface area contributed by atoms with Gasteiger partial charge in [0.2, 0.25) is 0 Å². The minimum atomic E-state index is -4.18. The quantitative estimate of drug-likeness (QED) is 0.611. The van der Waals surface area contributed by atoms with E-state index in [0.29, 0.717) is 16.2 Å². The molecule has 3 aromatic carbocycles. The SMILES string of the molecule is COc1ccc(OS(=O)S(=O)(=O)c2ccc(Cl)cc2)c2ccccc12. The summed E-state index contributed by atoms with van der Waals surface area (Å²) in [5.41, 5.74) is 0. The van der Waals surface area contributed by atoms with Crippen molar-refractivity contribution >= 4 is 41.4 Å². The van der Waals surface area contributed by atoms with Gasteiger partial charge in [-0.05, 0) is 36.4 Å². The third kappa shape index (κ3) is 3.49. The number of rotatable bonds is 5. The topological polar surface area (TPSA) is 69.7 Å². The van der Waals surface area contributed by atoms with E-state index in [1.54, 1.807) is 24.3 Å². The van der Waals surface area contributed by atoms with Crippen molar-refractivity contribution in [2.24, 2.45) is 0 Å². The van der Waals surface area contributed by atoms with Gasteiger partial charge in [0.05, 0.1) is 12.0 Å². The number of hydrogen-bond donors (Lipinski definition) is 0. The van der Waals surface area contributed by atoms with Gasteiger partial charge in [0.1, 0.15) is 11.5 Å². The summed E-state index contributed by atoms with van der Waals surface area (Å²) in [5, 5.41) is 1.71. The van der Waals surface area contributed by atoms with Gasteiger partial charge in [-0.2, -0.15) is 4.21 Å². The van der Waals surface area contributed by atoms with Crippen LogP contribution in [0.15, 0.2) is 65.6 Å². The van der Waals surface area contributed by atoms with E-state index in [1.165, 1.54) is 37.4 Å². The molecule has 0 N–H and O–H groups in total. The molecule has 130 valence electrons. The van der Waals surface area contributed by atoms with Crippen LogP contribution < -0.4 is 8.92 Å². The Morgan fingerprint density at radius 2 is 1.44 bits per heavy atom. The largest absolute Gasteiger partial charge is 0.496 e. The van der Waals surface area contributed by atoms with Crippen LogP contribution in [0.4, 0.5) is 0 Å². The molecule has 0 saturated heterocycles. The number of halogens is 1. The Morgan fingerprint density at radius 1 is 0.880 bits per heavy atom. The van der Waals surface area contributed by atoms with Crippen LogP contribution >= 0.6 is 11.6 Å². The van der Waals surface area contributed by atoms with Gasteiger partial charge in [0.15, 0.2) is 0 Å². The molecule has 0 fully saturated rings. The molecule has 1 unspecified atom stereocenters. The van der Waals surface area contributed by atoms with Crippen molar-refractivity contribution in [2.45, 2.75) is 4.90 Å². The predicted molar refractivity (Wildman–Crippen MR) is 97.9 cm³/mol. The first-order valence-electron chi connectivity index (χ1n) is 7.10. The molecule has 0 aromatic heterocycles. The summed E-state index contributed by atoms with van der Waals surface area (Å²) in [5.74, 6) is 0.793. The van der Waals surface area contributed by atoms with E-state index in [1.807, 2.05) is 6.07 Å². The van der Waals surface area contributed by atoms with E-state index in [4.69, 9.17) is 20.5 Å². The number of benzene rings is 3. The van der Waals surface area contributed by atoms with Crippen LogP contribution in [0.3, 0.4) is 0 Å². The normalized spacial score (nSPS) is 12.7. The highest BCUT2D eigenvalue weighted by Gasteiger charge is 2.26. The van der Waals surface area contributed by atoms with Crippen LogP contribution in [0.25, 0.3) is 10.8 Å². The summed E-state index contributed by atoms with van der Waals surface area (Å²) in [4.78, 5) is -0.131. The van der Waals surface area contributed by atoms with Gasteiger partial charge in [-0.3, -0.25) is 0 Å². The van der Waals surface area contributed by atoms with Crippen molar-refractivity contribution in [1.82, 2.24) is 0 Å². The van der Waals surface area contributed by atoms with E-state index >= 15 is 0 Å². The second-order valence-corrected chi connectivity index (χ2v) is 9.53. The number of fused-ring (bicyclic) bond motifs is 1. The Labute approximate surface area is 152 Å². The predicted octanol–water partition coefficient (Wildman–Crippen LogP) is 3.93. The molecule has 0 radical (unpaired) electrons. The minimum absolute atomic E-state index is 0.131. The Morgan fingerprint density at radius 3 is 2.04 bits per heavy atom. The fourth-order valence-electron chi connectivity index (χ4n) is 2.29. The molecule has 5 nitrogen and oxygen atoms in total. The molecule has 0 aliphatic carbocycles. The van der Waals surface area contributed by atoms with E-state index in [0.717, 1.165) is 5.39 Å². The first kappa shape index (κ1) is 17.7. The third-order valence-electron chi connectivity index (χ3n) is 3.50. The van der Waals surface area contributed by atoms with Crippen LogP contribution in [0.5, 0.6) is 11.5 Å². The molecule has 0 amide bonds. The van der Waals surface area contributed by atoms with Gasteiger partial charge in [-0.1, -0.05) is 35.9 Å². The lowest BCUT2D eigenvalue weighted by Gasteiger charge is -2.11. The highest BCUT2D eigenvalue weighted by atomic mass is 35.5. The number of hydrogen-bond acceptors (Lipinski definition) is 5. The molecule has 1 atom stereocenters. The smallest absolute Gasteiger partial charge is 0.334 e. The lowest BCUT2D eigenvalue weighted by Crippen LogP contribution is -2.14. The monoisotopic (exact) mass is 396 g/mol. The molecular formula is C17H13ClO5S2. The maximum absolute atomic E-state index is 12.4. The van der Waals surface area contributed by atoms with E-state index in [9.17, 15) is 12.6 Å². The van der Waals surface area contributed by atoms with Gasteiger partial charge in [-0.25, -0.2) is 8.42 Å². The lowest BCUT2D eigenvalue weighted by atomic mass is 10.1. The fourth-order valence-corrected chi connectivity index (χ4v) is 4.72. The molecular weight excluding hydrogens is 384 g/mol. The molecule has 8 heteroatoms. The fraction of sp³-hybridized carbons (Fsp3) is 0.0588. The van der Waals surface area contributed by atoms with E-state index in [2.05, 4.69) is 0 Å². The van der Waals surface area contributed by atoms with Gasteiger partial charge in [0.25, 0.3) is 8.87 Å². The Kier molecular flexibility index (Phi) is 4.99. The van der Waals surface area contributed by atoms with Crippen molar-refractivity contribution in [3.63, 3.8) is 0 Å². The first-order chi connectivity index (χ1) is 11.9. The summed E-state index contributed by atoms with van der Waals surface area (Å²) < 4.78 is 47.7. The highest BCUT2D eigenvalue weighted by Crippen LogP contribution is 2.34. The zero-order chi connectivity index (χ0) is 18.0. The maximum Gasteiger partial charge on any atom is 0.334 e. The third-order valence-corrected chi connectivity index (χ3v) is 7.14. The average Bonchev–Trinajstić information content (AvgIpc) is 2.62. The molecule has 0 aliphatic heterocycles. The maximum atomic E-state index is 12.4. The van der Waals surface area contributed by atoms with Crippen molar-refractivity contribution in [3.05, 3.63) is 65.7 Å². The Hall–Kier alpha value is -2.09. The summed E-state index contributed by atoms with van der Waals surface area (Å²) in [6.07, 6.45) is 0. The van der Waals surface area contributed by atoms with Gasteiger partial charge >= 0.3 is 10.1 Å². The van der Waals surface area contributed by atoms with Crippen LogP contribution in [0.2, 0.25) is 5.02 Å².